The van der Waals surface area contributed by atoms with Crippen molar-refractivity contribution in [1.82, 2.24) is 19.5 Å². The normalized spacial score (nSPS) is 10.9. The van der Waals surface area contributed by atoms with Gasteiger partial charge in [0.05, 0.1) is 5.56 Å². The highest BCUT2D eigenvalue weighted by molar-refractivity contribution is 6.33. The highest BCUT2D eigenvalue weighted by Gasteiger charge is 2.14. The lowest BCUT2D eigenvalue weighted by Gasteiger charge is -2.02. The number of carbonyl (C=O) groups is 1. The van der Waals surface area contributed by atoms with Crippen LogP contribution in [0.3, 0.4) is 0 Å². The maximum Gasteiger partial charge on any atom is 0.335 e. The van der Waals surface area contributed by atoms with E-state index in [2.05, 4.69) is 15.0 Å². The maximum absolute atomic E-state index is 10.8. The molecule has 7 heteroatoms. The van der Waals surface area contributed by atoms with Crippen molar-refractivity contribution in [3.63, 3.8) is 0 Å². The van der Waals surface area contributed by atoms with Crippen molar-refractivity contribution < 1.29 is 9.90 Å². The average Bonchev–Trinajstić information content (AvgIpc) is 2.78. The molecule has 1 N–H and O–H groups in total. The van der Waals surface area contributed by atoms with Crippen LogP contribution in [0.5, 0.6) is 0 Å². The van der Waals surface area contributed by atoms with E-state index in [1.54, 1.807) is 16.7 Å². The first-order valence-electron chi connectivity index (χ1n) is 5.74. The standard InChI is InChI=1S/C13H9ClN4O2/c1-18-11(7-2-4-8(5-3-7)13(19)20)17-9-10(14)15-6-16-12(9)18/h2-6H,1H3,(H,19,20). The Labute approximate surface area is 118 Å². The fraction of sp³-hybridized carbons (Fsp3) is 0.0769. The second kappa shape index (κ2) is 4.57. The Balaban J connectivity index is 2.17. The number of hydrogen-bond acceptors (Lipinski definition) is 4. The molecule has 6 nitrogen and oxygen atoms in total. The van der Waals surface area contributed by atoms with E-state index in [0.29, 0.717) is 22.1 Å². The number of nitrogens with zero attached hydrogens (tertiary/aromatic N) is 4. The number of rotatable bonds is 2. The Morgan fingerprint density at radius 2 is 1.95 bits per heavy atom. The van der Waals surface area contributed by atoms with Crippen LogP contribution < -0.4 is 0 Å². The van der Waals surface area contributed by atoms with Gasteiger partial charge < -0.3 is 9.67 Å². The van der Waals surface area contributed by atoms with Crippen LogP contribution in [0.1, 0.15) is 10.4 Å². The first-order chi connectivity index (χ1) is 9.58. The number of hydrogen-bond donors (Lipinski definition) is 1. The summed E-state index contributed by atoms with van der Waals surface area (Å²) in [6.07, 6.45) is 1.38. The quantitative estimate of drug-likeness (QED) is 0.732. The smallest absolute Gasteiger partial charge is 0.335 e. The third-order valence-corrected chi connectivity index (χ3v) is 3.28. The number of halogens is 1. The van der Waals surface area contributed by atoms with Crippen molar-refractivity contribution in [3.05, 3.63) is 41.3 Å². The molecular formula is C13H9ClN4O2. The summed E-state index contributed by atoms with van der Waals surface area (Å²) in [5.74, 6) is -0.310. The molecule has 0 aliphatic carbocycles. The minimum absolute atomic E-state index is 0.227. The number of fused-ring (bicyclic) bond motifs is 1. The molecule has 3 aromatic rings. The molecule has 0 spiro atoms. The molecule has 2 aromatic heterocycles. The van der Waals surface area contributed by atoms with Crippen LogP contribution in [0, 0.1) is 0 Å². The Bertz CT molecular complexity index is 811. The first kappa shape index (κ1) is 12.6. The molecule has 0 bridgehead atoms. The summed E-state index contributed by atoms with van der Waals surface area (Å²) < 4.78 is 1.79. The van der Waals surface area contributed by atoms with E-state index in [-0.39, 0.29) is 5.56 Å². The van der Waals surface area contributed by atoms with Crippen molar-refractivity contribution in [2.24, 2.45) is 7.05 Å². The summed E-state index contributed by atoms with van der Waals surface area (Å²) in [7, 11) is 1.82. The summed E-state index contributed by atoms with van der Waals surface area (Å²) in [5, 5.41) is 9.19. The Morgan fingerprint density at radius 3 is 2.55 bits per heavy atom. The zero-order valence-electron chi connectivity index (χ0n) is 10.4. The summed E-state index contributed by atoms with van der Waals surface area (Å²) in [6.45, 7) is 0. The van der Waals surface area contributed by atoms with Crippen LogP contribution >= 0.6 is 11.6 Å². The van der Waals surface area contributed by atoms with Gasteiger partial charge in [-0.25, -0.2) is 19.7 Å². The van der Waals surface area contributed by atoms with Gasteiger partial charge in [-0.15, -0.1) is 0 Å². The Morgan fingerprint density at radius 1 is 1.25 bits per heavy atom. The lowest BCUT2D eigenvalue weighted by atomic mass is 10.1. The molecule has 0 saturated heterocycles. The molecule has 20 heavy (non-hydrogen) atoms. The van der Waals surface area contributed by atoms with Crippen LogP contribution in [0.2, 0.25) is 5.15 Å². The number of benzene rings is 1. The van der Waals surface area contributed by atoms with Gasteiger partial charge in [-0.3, -0.25) is 0 Å². The van der Waals surface area contributed by atoms with Crippen LogP contribution in [-0.4, -0.2) is 30.6 Å². The molecular weight excluding hydrogens is 280 g/mol. The zero-order valence-corrected chi connectivity index (χ0v) is 11.2. The van der Waals surface area contributed by atoms with Crippen LogP contribution in [0.4, 0.5) is 0 Å². The molecule has 0 unspecified atom stereocenters. The maximum atomic E-state index is 10.8. The molecule has 0 fully saturated rings. The third-order valence-electron chi connectivity index (χ3n) is 3.00. The SMILES string of the molecule is Cn1c(-c2ccc(C(=O)O)cc2)nc2c(Cl)ncnc21. The second-order valence-corrected chi connectivity index (χ2v) is 4.57. The van der Waals surface area contributed by atoms with Gasteiger partial charge in [0.15, 0.2) is 10.8 Å². The van der Waals surface area contributed by atoms with Crippen molar-refractivity contribution >= 4 is 28.7 Å². The van der Waals surface area contributed by atoms with Gasteiger partial charge >= 0.3 is 5.97 Å². The van der Waals surface area contributed by atoms with Gasteiger partial charge in [0.25, 0.3) is 0 Å². The molecule has 0 radical (unpaired) electrons. The van der Waals surface area contributed by atoms with Crippen molar-refractivity contribution in [2.45, 2.75) is 0 Å². The van der Waals surface area contributed by atoms with Gasteiger partial charge in [0.1, 0.15) is 17.7 Å². The molecule has 0 aliphatic rings. The number of aromatic nitrogens is 4. The third kappa shape index (κ3) is 1.90. The molecule has 0 aliphatic heterocycles. The molecule has 3 rings (SSSR count). The summed E-state index contributed by atoms with van der Waals surface area (Å²) in [6, 6.07) is 6.46. The lowest BCUT2D eigenvalue weighted by Crippen LogP contribution is -1.97. The summed E-state index contributed by atoms with van der Waals surface area (Å²) in [4.78, 5) is 23.3. The van der Waals surface area contributed by atoms with E-state index in [1.165, 1.54) is 18.5 Å². The molecule has 0 atom stereocenters. The fourth-order valence-corrected chi connectivity index (χ4v) is 2.16. The first-order valence-corrected chi connectivity index (χ1v) is 6.12. The number of carboxylic acid groups (broad SMARTS) is 1. The van der Waals surface area contributed by atoms with Gasteiger partial charge in [0, 0.05) is 12.6 Å². The number of aromatic carboxylic acids is 1. The minimum atomic E-state index is -0.963. The van der Waals surface area contributed by atoms with Crippen molar-refractivity contribution in [3.8, 4) is 11.4 Å². The van der Waals surface area contributed by atoms with E-state index in [1.807, 2.05) is 7.05 Å². The van der Waals surface area contributed by atoms with Gasteiger partial charge in [-0.05, 0) is 12.1 Å². The van der Waals surface area contributed by atoms with Crippen LogP contribution in [0.25, 0.3) is 22.6 Å². The largest absolute Gasteiger partial charge is 0.478 e. The van der Waals surface area contributed by atoms with Crippen molar-refractivity contribution in [2.75, 3.05) is 0 Å². The second-order valence-electron chi connectivity index (χ2n) is 4.21. The van der Waals surface area contributed by atoms with Crippen LogP contribution in [0.15, 0.2) is 30.6 Å². The number of imidazole rings is 1. The Kier molecular flexibility index (Phi) is 2.87. The van der Waals surface area contributed by atoms with Crippen molar-refractivity contribution in [1.29, 1.82) is 0 Å². The van der Waals surface area contributed by atoms with E-state index >= 15 is 0 Å². The van der Waals surface area contributed by atoms with E-state index in [4.69, 9.17) is 16.7 Å². The summed E-state index contributed by atoms with van der Waals surface area (Å²) >= 11 is 5.99. The van der Waals surface area contributed by atoms with Crippen LogP contribution in [-0.2, 0) is 7.05 Å². The minimum Gasteiger partial charge on any atom is -0.478 e. The van der Waals surface area contributed by atoms with E-state index in [0.717, 1.165) is 5.56 Å². The average molecular weight is 289 g/mol. The topological polar surface area (TPSA) is 80.9 Å². The number of aryl methyl sites for hydroxylation is 1. The van der Waals surface area contributed by atoms with Gasteiger partial charge in [-0.2, -0.15) is 0 Å². The highest BCUT2D eigenvalue weighted by atomic mass is 35.5. The molecule has 0 saturated carbocycles. The molecule has 2 heterocycles. The van der Waals surface area contributed by atoms with E-state index in [9.17, 15) is 4.79 Å². The lowest BCUT2D eigenvalue weighted by molar-refractivity contribution is 0.0697. The van der Waals surface area contributed by atoms with Gasteiger partial charge in [0.2, 0.25) is 0 Å². The zero-order chi connectivity index (χ0) is 14.3. The molecule has 0 amide bonds. The number of carboxylic acids is 1. The predicted octanol–water partition coefficient (Wildman–Crippen LogP) is 2.38. The van der Waals surface area contributed by atoms with Gasteiger partial charge in [-0.1, -0.05) is 23.7 Å². The highest BCUT2D eigenvalue weighted by Crippen LogP contribution is 2.25. The van der Waals surface area contributed by atoms with E-state index < -0.39 is 5.97 Å². The fourth-order valence-electron chi connectivity index (χ4n) is 1.99. The Hall–Kier alpha value is -2.47. The molecule has 1 aromatic carbocycles. The summed E-state index contributed by atoms with van der Waals surface area (Å²) in [5.41, 5.74) is 2.16. The molecule has 100 valence electrons. The monoisotopic (exact) mass is 288 g/mol. The predicted molar refractivity (Wildman–Crippen MR) is 73.7 cm³/mol.